The Morgan fingerprint density at radius 3 is 2.52 bits per heavy atom. The number of hydrogen-bond donors (Lipinski definition) is 2. The average Bonchev–Trinajstić information content (AvgIpc) is 3.00. The van der Waals surface area contributed by atoms with Crippen LogP contribution in [0.5, 0.6) is 0 Å². The maximum absolute atomic E-state index is 4.35. The van der Waals surface area contributed by atoms with Gasteiger partial charge in [-0.2, -0.15) is 0 Å². The van der Waals surface area contributed by atoms with Gasteiger partial charge >= 0.3 is 0 Å². The minimum atomic E-state index is 0.275. The molecular formula is C20H25N3. The second kappa shape index (κ2) is 6.17. The highest BCUT2D eigenvalue weighted by molar-refractivity contribution is 5.92. The summed E-state index contributed by atoms with van der Waals surface area (Å²) in [4.78, 5) is 7.52. The Morgan fingerprint density at radius 1 is 1.09 bits per heavy atom. The number of hydrogen-bond acceptors (Lipinski definition) is 2. The van der Waals surface area contributed by atoms with Crippen molar-refractivity contribution < 1.29 is 0 Å². The number of fused-ring (bicyclic) bond motifs is 1. The second-order valence-electron chi connectivity index (χ2n) is 7.26. The van der Waals surface area contributed by atoms with Gasteiger partial charge in [-0.05, 0) is 41.2 Å². The molecule has 0 unspecified atom stereocenters. The molecule has 3 rings (SSSR count). The van der Waals surface area contributed by atoms with Gasteiger partial charge in [0.05, 0.1) is 0 Å². The molecule has 1 atom stereocenters. The minimum absolute atomic E-state index is 0.275. The van der Waals surface area contributed by atoms with Crippen LogP contribution in [-0.2, 0) is 6.54 Å². The van der Waals surface area contributed by atoms with Gasteiger partial charge in [-0.1, -0.05) is 45.0 Å². The van der Waals surface area contributed by atoms with Gasteiger partial charge in [-0.15, -0.1) is 0 Å². The summed E-state index contributed by atoms with van der Waals surface area (Å²) in [6, 6.07) is 13.4. The van der Waals surface area contributed by atoms with E-state index in [9.17, 15) is 0 Å². The van der Waals surface area contributed by atoms with E-state index in [4.69, 9.17) is 0 Å². The Labute approximate surface area is 138 Å². The molecule has 2 N–H and O–H groups in total. The standard InChI is InChI=1S/C20H25N3/c1-14(20(2,3)4)23-13-15-5-7-16(8-6-15)17-9-11-21-19-18(17)10-12-22-19/h5-12,14,23H,13H2,1-4H3,(H,21,22)/t14-/m1/s1. The molecule has 0 spiro atoms. The van der Waals surface area contributed by atoms with E-state index in [1.165, 1.54) is 22.1 Å². The van der Waals surface area contributed by atoms with Crippen molar-refractivity contribution in [2.45, 2.75) is 40.3 Å². The van der Waals surface area contributed by atoms with Crippen LogP contribution in [-0.4, -0.2) is 16.0 Å². The summed E-state index contributed by atoms with van der Waals surface area (Å²) in [5.41, 5.74) is 4.97. The van der Waals surface area contributed by atoms with Crippen LogP contribution < -0.4 is 5.32 Å². The number of benzene rings is 1. The molecule has 0 fully saturated rings. The first-order valence-corrected chi connectivity index (χ1v) is 8.20. The van der Waals surface area contributed by atoms with E-state index in [0.717, 1.165) is 12.2 Å². The molecule has 120 valence electrons. The van der Waals surface area contributed by atoms with E-state index < -0.39 is 0 Å². The Bertz CT molecular complexity index is 779. The number of nitrogens with one attached hydrogen (secondary N) is 2. The maximum atomic E-state index is 4.35. The summed E-state index contributed by atoms with van der Waals surface area (Å²) in [6.07, 6.45) is 3.79. The fraction of sp³-hybridized carbons (Fsp3) is 0.350. The van der Waals surface area contributed by atoms with E-state index >= 15 is 0 Å². The Morgan fingerprint density at radius 2 is 1.83 bits per heavy atom. The minimum Gasteiger partial charge on any atom is -0.346 e. The maximum Gasteiger partial charge on any atom is 0.137 e. The Balaban J connectivity index is 1.76. The molecule has 2 aromatic heterocycles. The lowest BCUT2D eigenvalue weighted by Gasteiger charge is -2.28. The molecule has 0 aliphatic rings. The molecule has 0 bridgehead atoms. The lowest BCUT2D eigenvalue weighted by Crippen LogP contribution is -2.37. The van der Waals surface area contributed by atoms with Gasteiger partial charge in [-0.25, -0.2) is 4.98 Å². The van der Waals surface area contributed by atoms with Gasteiger partial charge in [0.25, 0.3) is 0 Å². The molecular weight excluding hydrogens is 282 g/mol. The largest absolute Gasteiger partial charge is 0.346 e. The quantitative estimate of drug-likeness (QED) is 0.730. The number of aromatic amines is 1. The monoisotopic (exact) mass is 307 g/mol. The number of rotatable bonds is 4. The topological polar surface area (TPSA) is 40.7 Å². The van der Waals surface area contributed by atoms with E-state index in [-0.39, 0.29) is 5.41 Å². The summed E-state index contributed by atoms with van der Waals surface area (Å²) in [6.45, 7) is 9.93. The zero-order valence-electron chi connectivity index (χ0n) is 14.4. The Kier molecular flexibility index (Phi) is 4.22. The SMILES string of the molecule is C[C@@H](NCc1ccc(-c2ccnc3[nH]ccc23)cc1)C(C)(C)C. The molecule has 23 heavy (non-hydrogen) atoms. The van der Waals surface area contributed by atoms with Crippen LogP contribution >= 0.6 is 0 Å². The van der Waals surface area contributed by atoms with Crippen molar-refractivity contribution in [1.82, 2.24) is 15.3 Å². The molecule has 1 aromatic carbocycles. The summed E-state index contributed by atoms with van der Waals surface area (Å²) in [5.74, 6) is 0. The molecule has 0 aliphatic carbocycles. The van der Waals surface area contributed by atoms with Crippen molar-refractivity contribution in [2.24, 2.45) is 5.41 Å². The molecule has 0 saturated carbocycles. The average molecular weight is 307 g/mol. The third-order valence-corrected chi connectivity index (χ3v) is 4.64. The number of aromatic nitrogens is 2. The van der Waals surface area contributed by atoms with Gasteiger partial charge in [-0.3, -0.25) is 0 Å². The Hall–Kier alpha value is -2.13. The lowest BCUT2D eigenvalue weighted by atomic mass is 9.88. The zero-order valence-corrected chi connectivity index (χ0v) is 14.4. The van der Waals surface area contributed by atoms with Crippen molar-refractivity contribution in [2.75, 3.05) is 0 Å². The molecule has 0 saturated heterocycles. The third-order valence-electron chi connectivity index (χ3n) is 4.64. The summed E-state index contributed by atoms with van der Waals surface area (Å²) < 4.78 is 0. The van der Waals surface area contributed by atoms with Crippen molar-refractivity contribution in [3.05, 3.63) is 54.4 Å². The van der Waals surface area contributed by atoms with Gasteiger partial charge in [0.1, 0.15) is 5.65 Å². The van der Waals surface area contributed by atoms with E-state index in [0.29, 0.717) is 6.04 Å². The van der Waals surface area contributed by atoms with E-state index in [1.807, 2.05) is 12.4 Å². The predicted octanol–water partition coefficient (Wildman–Crippen LogP) is 4.75. The zero-order chi connectivity index (χ0) is 16.4. The van der Waals surface area contributed by atoms with Gasteiger partial charge < -0.3 is 10.3 Å². The molecule has 2 heterocycles. The molecule has 0 amide bonds. The van der Waals surface area contributed by atoms with Crippen molar-refractivity contribution in [3.8, 4) is 11.1 Å². The first kappa shape index (κ1) is 15.8. The molecule has 0 radical (unpaired) electrons. The van der Waals surface area contributed by atoms with E-state index in [2.05, 4.69) is 79.4 Å². The number of nitrogens with zero attached hydrogens (tertiary/aromatic N) is 1. The fourth-order valence-corrected chi connectivity index (χ4v) is 2.59. The number of pyridine rings is 1. The normalized spacial score (nSPS) is 13.4. The van der Waals surface area contributed by atoms with Crippen LogP contribution in [0.4, 0.5) is 0 Å². The molecule has 0 aliphatic heterocycles. The lowest BCUT2D eigenvalue weighted by molar-refractivity contribution is 0.285. The van der Waals surface area contributed by atoms with Gasteiger partial charge in [0, 0.05) is 30.4 Å². The van der Waals surface area contributed by atoms with Crippen LogP contribution in [0.3, 0.4) is 0 Å². The number of H-pyrrole nitrogens is 1. The van der Waals surface area contributed by atoms with E-state index in [1.54, 1.807) is 0 Å². The van der Waals surface area contributed by atoms with Gasteiger partial charge in [0.2, 0.25) is 0 Å². The van der Waals surface area contributed by atoms with Crippen LogP contribution in [0, 0.1) is 5.41 Å². The first-order valence-electron chi connectivity index (χ1n) is 8.20. The second-order valence-corrected chi connectivity index (χ2v) is 7.26. The summed E-state index contributed by atoms with van der Waals surface area (Å²) >= 11 is 0. The fourth-order valence-electron chi connectivity index (χ4n) is 2.59. The predicted molar refractivity (Wildman–Crippen MR) is 97.3 cm³/mol. The van der Waals surface area contributed by atoms with Crippen LogP contribution in [0.2, 0.25) is 0 Å². The highest BCUT2D eigenvalue weighted by Crippen LogP contribution is 2.27. The van der Waals surface area contributed by atoms with Crippen molar-refractivity contribution in [1.29, 1.82) is 0 Å². The summed E-state index contributed by atoms with van der Waals surface area (Å²) in [5, 5.41) is 4.77. The first-order chi connectivity index (χ1) is 10.9. The molecule has 3 heteroatoms. The highest BCUT2D eigenvalue weighted by Gasteiger charge is 2.18. The van der Waals surface area contributed by atoms with Crippen LogP contribution in [0.25, 0.3) is 22.2 Å². The van der Waals surface area contributed by atoms with Crippen LogP contribution in [0.1, 0.15) is 33.3 Å². The smallest absolute Gasteiger partial charge is 0.137 e. The highest BCUT2D eigenvalue weighted by atomic mass is 14.9. The van der Waals surface area contributed by atoms with Crippen molar-refractivity contribution >= 4 is 11.0 Å². The van der Waals surface area contributed by atoms with Crippen LogP contribution in [0.15, 0.2) is 48.8 Å². The van der Waals surface area contributed by atoms with Crippen molar-refractivity contribution in [3.63, 3.8) is 0 Å². The summed E-state index contributed by atoms with van der Waals surface area (Å²) in [7, 11) is 0. The molecule has 3 nitrogen and oxygen atoms in total. The molecule has 3 aromatic rings. The third kappa shape index (κ3) is 3.45. The van der Waals surface area contributed by atoms with Gasteiger partial charge in [0.15, 0.2) is 0 Å².